The molecule has 0 aliphatic carbocycles. The maximum absolute atomic E-state index is 12.0. The van der Waals surface area contributed by atoms with Crippen LogP contribution in [-0.4, -0.2) is 42.3 Å². The minimum atomic E-state index is -0.484. The van der Waals surface area contributed by atoms with E-state index in [0.717, 1.165) is 5.56 Å². The van der Waals surface area contributed by atoms with Gasteiger partial charge in [-0.15, -0.1) is 0 Å². The number of rotatable bonds is 8. The molecule has 0 aliphatic rings. The molecule has 2 aromatic carbocycles. The average molecular weight is 370 g/mol. The first-order valence-corrected chi connectivity index (χ1v) is 8.43. The molecule has 0 fully saturated rings. The number of nitrogens with one attached hydrogen (secondary N) is 2. The molecule has 2 rings (SSSR count). The summed E-state index contributed by atoms with van der Waals surface area (Å²) in [6, 6.07) is 13.0. The monoisotopic (exact) mass is 370 g/mol. The van der Waals surface area contributed by atoms with Crippen molar-refractivity contribution in [3.8, 4) is 0 Å². The molecule has 0 atom stereocenters. The van der Waals surface area contributed by atoms with Crippen molar-refractivity contribution in [2.75, 3.05) is 26.0 Å². The van der Waals surface area contributed by atoms with Crippen LogP contribution in [0.4, 0.5) is 11.4 Å². The first-order valence-electron chi connectivity index (χ1n) is 8.43. The molecule has 27 heavy (non-hydrogen) atoms. The lowest BCUT2D eigenvalue weighted by molar-refractivity contribution is -0.384. The summed E-state index contributed by atoms with van der Waals surface area (Å²) in [5, 5.41) is 15.9. The van der Waals surface area contributed by atoms with E-state index in [4.69, 9.17) is 0 Å². The summed E-state index contributed by atoms with van der Waals surface area (Å²) in [5.41, 5.74) is 2.15. The van der Waals surface area contributed by atoms with Gasteiger partial charge in [0.1, 0.15) is 0 Å². The molecule has 2 aromatic rings. The van der Waals surface area contributed by atoms with Gasteiger partial charge in [-0.05, 0) is 36.9 Å². The summed E-state index contributed by atoms with van der Waals surface area (Å²) in [6.07, 6.45) is 0.295. The Bertz CT molecular complexity index is 803. The fourth-order valence-corrected chi connectivity index (χ4v) is 2.48. The molecule has 8 nitrogen and oxygen atoms in total. The van der Waals surface area contributed by atoms with Gasteiger partial charge in [-0.2, -0.15) is 0 Å². The highest BCUT2D eigenvalue weighted by Gasteiger charge is 2.09. The van der Waals surface area contributed by atoms with Gasteiger partial charge in [-0.25, -0.2) is 0 Å². The van der Waals surface area contributed by atoms with E-state index < -0.39 is 4.92 Å². The van der Waals surface area contributed by atoms with Crippen molar-refractivity contribution in [1.82, 2.24) is 10.2 Å². The lowest BCUT2D eigenvalue weighted by Gasteiger charge is -2.16. The molecule has 0 unspecified atom stereocenters. The zero-order valence-corrected chi connectivity index (χ0v) is 15.3. The van der Waals surface area contributed by atoms with E-state index in [-0.39, 0.29) is 17.5 Å². The van der Waals surface area contributed by atoms with Crippen molar-refractivity contribution in [2.24, 2.45) is 0 Å². The number of carbonyl (C=O) groups excluding carboxylic acids is 2. The number of benzene rings is 2. The Hall–Kier alpha value is -3.26. The molecule has 2 amide bonds. The highest BCUT2D eigenvalue weighted by Crippen LogP contribution is 2.15. The van der Waals surface area contributed by atoms with E-state index in [9.17, 15) is 19.7 Å². The van der Waals surface area contributed by atoms with Gasteiger partial charge in [0, 0.05) is 49.9 Å². The summed E-state index contributed by atoms with van der Waals surface area (Å²) in [7, 11) is 3.50. The molecule has 0 spiro atoms. The summed E-state index contributed by atoms with van der Waals surface area (Å²) in [6.45, 7) is 1.20. The number of hydrogen-bond donors (Lipinski definition) is 2. The van der Waals surface area contributed by atoms with Crippen molar-refractivity contribution < 1.29 is 14.5 Å². The molecule has 0 heterocycles. The third kappa shape index (κ3) is 6.19. The predicted octanol–water partition coefficient (Wildman–Crippen LogP) is 2.42. The SMILES string of the molecule is CNC(=O)c1ccc(CN(C)CCC(=O)Nc2ccc([N+](=O)[O-])cc2)cc1. The van der Waals surface area contributed by atoms with Gasteiger partial charge >= 0.3 is 0 Å². The van der Waals surface area contributed by atoms with Crippen LogP contribution in [0.2, 0.25) is 0 Å². The summed E-state index contributed by atoms with van der Waals surface area (Å²) >= 11 is 0. The molecular weight excluding hydrogens is 348 g/mol. The van der Waals surface area contributed by atoms with Crippen LogP contribution in [-0.2, 0) is 11.3 Å². The van der Waals surface area contributed by atoms with Gasteiger partial charge in [-0.1, -0.05) is 12.1 Å². The first-order chi connectivity index (χ1) is 12.9. The molecule has 0 saturated carbocycles. The minimum Gasteiger partial charge on any atom is -0.355 e. The number of anilines is 1. The second-order valence-electron chi connectivity index (χ2n) is 6.12. The zero-order valence-electron chi connectivity index (χ0n) is 15.3. The van der Waals surface area contributed by atoms with Gasteiger partial charge in [0.05, 0.1) is 4.92 Å². The lowest BCUT2D eigenvalue weighted by Crippen LogP contribution is -2.24. The van der Waals surface area contributed by atoms with E-state index in [1.54, 1.807) is 19.2 Å². The Morgan fingerprint density at radius 3 is 2.26 bits per heavy atom. The standard InChI is InChI=1S/C19H22N4O4/c1-20-19(25)15-5-3-14(4-6-15)13-22(2)12-11-18(24)21-16-7-9-17(10-8-16)23(26)27/h3-10H,11-13H2,1-2H3,(H,20,25)(H,21,24). The molecule has 0 saturated heterocycles. The number of carbonyl (C=O) groups is 2. The largest absolute Gasteiger partial charge is 0.355 e. The van der Waals surface area contributed by atoms with E-state index in [1.807, 2.05) is 24.1 Å². The van der Waals surface area contributed by atoms with Gasteiger partial charge in [0.2, 0.25) is 5.91 Å². The summed E-state index contributed by atoms with van der Waals surface area (Å²) in [5.74, 6) is -0.288. The lowest BCUT2D eigenvalue weighted by atomic mass is 10.1. The first kappa shape index (κ1) is 20.1. The number of hydrogen-bond acceptors (Lipinski definition) is 5. The van der Waals surface area contributed by atoms with Crippen LogP contribution in [0.15, 0.2) is 48.5 Å². The molecule has 0 bridgehead atoms. The van der Waals surface area contributed by atoms with Crippen LogP contribution in [0, 0.1) is 10.1 Å². The van der Waals surface area contributed by atoms with Crippen molar-refractivity contribution in [2.45, 2.75) is 13.0 Å². The van der Waals surface area contributed by atoms with Crippen LogP contribution in [0.5, 0.6) is 0 Å². The maximum atomic E-state index is 12.0. The number of amides is 2. The van der Waals surface area contributed by atoms with Gasteiger partial charge in [0.15, 0.2) is 0 Å². The van der Waals surface area contributed by atoms with E-state index in [0.29, 0.717) is 30.8 Å². The topological polar surface area (TPSA) is 105 Å². The summed E-state index contributed by atoms with van der Waals surface area (Å²) < 4.78 is 0. The van der Waals surface area contributed by atoms with Crippen molar-refractivity contribution in [3.05, 3.63) is 69.8 Å². The quantitative estimate of drug-likeness (QED) is 0.548. The Balaban J connectivity index is 1.79. The fourth-order valence-electron chi connectivity index (χ4n) is 2.48. The third-order valence-electron chi connectivity index (χ3n) is 3.98. The molecule has 2 N–H and O–H groups in total. The van der Waals surface area contributed by atoms with Gasteiger partial charge < -0.3 is 15.5 Å². The third-order valence-corrected chi connectivity index (χ3v) is 3.98. The smallest absolute Gasteiger partial charge is 0.269 e. The van der Waals surface area contributed by atoms with Crippen molar-refractivity contribution in [1.29, 1.82) is 0 Å². The maximum Gasteiger partial charge on any atom is 0.269 e. The van der Waals surface area contributed by atoms with Gasteiger partial charge in [0.25, 0.3) is 11.6 Å². The molecule has 0 aromatic heterocycles. The minimum absolute atomic E-state index is 0.0184. The number of nitro groups is 1. The predicted molar refractivity (Wildman–Crippen MR) is 103 cm³/mol. The number of nitro benzene ring substituents is 1. The number of non-ortho nitro benzene ring substituents is 1. The van der Waals surface area contributed by atoms with Crippen LogP contribution in [0.3, 0.4) is 0 Å². The Kier molecular flexibility index (Phi) is 7.01. The second-order valence-corrected chi connectivity index (χ2v) is 6.12. The van der Waals surface area contributed by atoms with Gasteiger partial charge in [-0.3, -0.25) is 19.7 Å². The van der Waals surface area contributed by atoms with Crippen LogP contribution >= 0.6 is 0 Å². The molecule has 142 valence electrons. The Morgan fingerprint density at radius 2 is 1.70 bits per heavy atom. The van der Waals surface area contributed by atoms with E-state index in [2.05, 4.69) is 10.6 Å². The molecule has 0 radical (unpaired) electrons. The van der Waals surface area contributed by atoms with Crippen LogP contribution in [0.25, 0.3) is 0 Å². The molecular formula is C19H22N4O4. The van der Waals surface area contributed by atoms with E-state index >= 15 is 0 Å². The van der Waals surface area contributed by atoms with Crippen LogP contribution in [0.1, 0.15) is 22.3 Å². The van der Waals surface area contributed by atoms with Crippen LogP contribution < -0.4 is 10.6 Å². The molecule has 0 aliphatic heterocycles. The summed E-state index contributed by atoms with van der Waals surface area (Å²) in [4.78, 5) is 35.7. The Morgan fingerprint density at radius 1 is 1.07 bits per heavy atom. The Labute approximate surface area is 157 Å². The normalized spacial score (nSPS) is 10.5. The van der Waals surface area contributed by atoms with Crippen molar-refractivity contribution in [3.63, 3.8) is 0 Å². The highest BCUT2D eigenvalue weighted by molar-refractivity contribution is 5.94. The van der Waals surface area contributed by atoms with E-state index in [1.165, 1.54) is 24.3 Å². The number of nitrogens with zero attached hydrogens (tertiary/aromatic N) is 2. The second kappa shape index (κ2) is 9.44. The fraction of sp³-hybridized carbons (Fsp3) is 0.263. The average Bonchev–Trinajstić information content (AvgIpc) is 2.67. The zero-order chi connectivity index (χ0) is 19.8. The molecule has 8 heteroatoms. The van der Waals surface area contributed by atoms with Crippen molar-refractivity contribution >= 4 is 23.2 Å². The highest BCUT2D eigenvalue weighted by atomic mass is 16.6.